The lowest BCUT2D eigenvalue weighted by Gasteiger charge is -2.34. The number of hydrogen-bond acceptors (Lipinski definition) is 3. The quantitative estimate of drug-likeness (QED) is 0.735. The molecule has 3 nitrogen and oxygen atoms in total. The van der Waals surface area contributed by atoms with Crippen LogP contribution in [0.25, 0.3) is 0 Å². The third-order valence-corrected chi connectivity index (χ3v) is 2.88. The van der Waals surface area contributed by atoms with E-state index < -0.39 is 18.3 Å². The van der Waals surface area contributed by atoms with E-state index in [0.717, 1.165) is 0 Å². The molecule has 0 aromatic carbocycles. The summed E-state index contributed by atoms with van der Waals surface area (Å²) in [5.41, 5.74) is -0.542. The first kappa shape index (κ1) is 15.7. The van der Waals surface area contributed by atoms with Crippen LogP contribution in [0.2, 0.25) is 0 Å². The first-order valence-corrected chi connectivity index (χ1v) is 5.20. The number of likely N-dealkylation sites (N-methyl/N-ethyl adjacent to an activating group) is 1. The van der Waals surface area contributed by atoms with Gasteiger partial charge in [0.05, 0.1) is 13.2 Å². The Labute approximate surface area is 94.6 Å². The molecular formula is C10H21F3N2O. The molecule has 0 aliphatic rings. The van der Waals surface area contributed by atoms with Gasteiger partial charge in [-0.1, -0.05) is 0 Å². The van der Waals surface area contributed by atoms with Crippen molar-refractivity contribution in [3.8, 4) is 0 Å². The van der Waals surface area contributed by atoms with Crippen LogP contribution in [0.5, 0.6) is 0 Å². The SMILES string of the molecule is CNC(C)(CO)CC(C)N(C)CC(F)(F)F. The highest BCUT2D eigenvalue weighted by Gasteiger charge is 2.33. The van der Waals surface area contributed by atoms with Crippen LogP contribution in [0.4, 0.5) is 13.2 Å². The normalized spacial score (nSPS) is 18.6. The van der Waals surface area contributed by atoms with Gasteiger partial charge in [-0.15, -0.1) is 0 Å². The zero-order chi connectivity index (χ0) is 13.0. The molecule has 0 rings (SSSR count). The van der Waals surface area contributed by atoms with E-state index in [1.807, 2.05) is 0 Å². The summed E-state index contributed by atoms with van der Waals surface area (Å²) in [7, 11) is 3.12. The van der Waals surface area contributed by atoms with Crippen LogP contribution >= 0.6 is 0 Å². The number of hydrogen-bond donors (Lipinski definition) is 2. The van der Waals surface area contributed by atoms with E-state index >= 15 is 0 Å². The Hall–Kier alpha value is -0.330. The van der Waals surface area contributed by atoms with Gasteiger partial charge in [-0.2, -0.15) is 13.2 Å². The van der Waals surface area contributed by atoms with Gasteiger partial charge < -0.3 is 10.4 Å². The summed E-state index contributed by atoms with van der Waals surface area (Å²) in [6, 6.07) is -0.258. The van der Waals surface area contributed by atoms with Gasteiger partial charge in [0.2, 0.25) is 0 Å². The van der Waals surface area contributed by atoms with Crippen LogP contribution in [-0.4, -0.2) is 55.0 Å². The fourth-order valence-electron chi connectivity index (χ4n) is 1.49. The van der Waals surface area contributed by atoms with E-state index in [1.54, 1.807) is 20.9 Å². The standard InChI is InChI=1S/C10H21F3N2O/c1-8(5-9(2,7-16)14-3)15(4)6-10(11,12)13/h8,14,16H,5-7H2,1-4H3. The maximum atomic E-state index is 12.2. The van der Waals surface area contributed by atoms with Gasteiger partial charge in [0.1, 0.15) is 0 Å². The minimum absolute atomic E-state index is 0.103. The molecule has 0 radical (unpaired) electrons. The fraction of sp³-hybridized carbons (Fsp3) is 1.00. The van der Waals surface area contributed by atoms with E-state index in [9.17, 15) is 13.2 Å². The predicted octanol–water partition coefficient (Wildman–Crippen LogP) is 1.23. The lowest BCUT2D eigenvalue weighted by molar-refractivity contribution is -0.147. The van der Waals surface area contributed by atoms with Gasteiger partial charge in [-0.25, -0.2) is 0 Å². The van der Waals surface area contributed by atoms with Crippen molar-refractivity contribution in [3.05, 3.63) is 0 Å². The van der Waals surface area contributed by atoms with Gasteiger partial charge >= 0.3 is 6.18 Å². The Morgan fingerprint density at radius 1 is 1.38 bits per heavy atom. The van der Waals surface area contributed by atoms with Crippen molar-refractivity contribution in [2.75, 3.05) is 27.2 Å². The minimum atomic E-state index is -4.18. The summed E-state index contributed by atoms with van der Waals surface area (Å²) in [5.74, 6) is 0. The summed E-state index contributed by atoms with van der Waals surface area (Å²) < 4.78 is 36.5. The summed E-state index contributed by atoms with van der Waals surface area (Å²) in [4.78, 5) is 1.24. The molecule has 98 valence electrons. The highest BCUT2D eigenvalue weighted by atomic mass is 19.4. The van der Waals surface area contributed by atoms with Crippen LogP contribution in [0.3, 0.4) is 0 Å². The highest BCUT2D eigenvalue weighted by molar-refractivity contribution is 4.85. The zero-order valence-electron chi connectivity index (χ0n) is 10.2. The van der Waals surface area contributed by atoms with Crippen LogP contribution < -0.4 is 5.32 Å². The van der Waals surface area contributed by atoms with E-state index in [-0.39, 0.29) is 12.6 Å². The van der Waals surface area contributed by atoms with E-state index in [0.29, 0.717) is 6.42 Å². The molecule has 0 heterocycles. The molecule has 6 heteroatoms. The van der Waals surface area contributed by atoms with E-state index in [1.165, 1.54) is 11.9 Å². The molecule has 0 saturated carbocycles. The Balaban J connectivity index is 4.29. The Kier molecular flexibility index (Phi) is 5.72. The zero-order valence-corrected chi connectivity index (χ0v) is 10.2. The third kappa shape index (κ3) is 5.67. The molecule has 2 N–H and O–H groups in total. The van der Waals surface area contributed by atoms with E-state index in [4.69, 9.17) is 5.11 Å². The Bertz CT molecular complexity index is 205. The van der Waals surface area contributed by atoms with Crippen molar-refractivity contribution in [3.63, 3.8) is 0 Å². The summed E-state index contributed by atoms with van der Waals surface area (Å²) in [5, 5.41) is 12.1. The second kappa shape index (κ2) is 5.84. The molecular weight excluding hydrogens is 221 g/mol. The van der Waals surface area contributed by atoms with Crippen molar-refractivity contribution in [2.45, 2.75) is 38.0 Å². The number of alkyl halides is 3. The Morgan fingerprint density at radius 3 is 2.19 bits per heavy atom. The summed E-state index contributed by atoms with van der Waals surface area (Å²) in [6.45, 7) is 2.47. The molecule has 0 aliphatic carbocycles. The largest absolute Gasteiger partial charge is 0.401 e. The monoisotopic (exact) mass is 242 g/mol. The van der Waals surface area contributed by atoms with Crippen molar-refractivity contribution >= 4 is 0 Å². The predicted molar refractivity (Wildman–Crippen MR) is 57.3 cm³/mol. The molecule has 0 amide bonds. The summed E-state index contributed by atoms with van der Waals surface area (Å²) >= 11 is 0. The second-order valence-electron chi connectivity index (χ2n) is 4.55. The lowest BCUT2D eigenvalue weighted by atomic mass is 9.94. The molecule has 2 atom stereocenters. The van der Waals surface area contributed by atoms with Gasteiger partial charge in [0, 0.05) is 11.6 Å². The highest BCUT2D eigenvalue weighted by Crippen LogP contribution is 2.20. The van der Waals surface area contributed by atoms with Gasteiger partial charge in [-0.05, 0) is 34.4 Å². The molecule has 0 bridgehead atoms. The van der Waals surface area contributed by atoms with Crippen molar-refractivity contribution < 1.29 is 18.3 Å². The third-order valence-electron chi connectivity index (χ3n) is 2.88. The maximum Gasteiger partial charge on any atom is 0.401 e. The second-order valence-corrected chi connectivity index (χ2v) is 4.55. The Morgan fingerprint density at radius 2 is 1.88 bits per heavy atom. The number of aliphatic hydroxyl groups excluding tert-OH is 1. The molecule has 0 aliphatic heterocycles. The number of aliphatic hydroxyl groups is 1. The molecule has 0 aromatic rings. The molecule has 0 aromatic heterocycles. The average molecular weight is 242 g/mol. The fourth-order valence-corrected chi connectivity index (χ4v) is 1.49. The van der Waals surface area contributed by atoms with E-state index in [2.05, 4.69) is 5.32 Å². The molecule has 16 heavy (non-hydrogen) atoms. The van der Waals surface area contributed by atoms with Crippen LogP contribution in [0.1, 0.15) is 20.3 Å². The smallest absolute Gasteiger partial charge is 0.394 e. The first-order valence-electron chi connectivity index (χ1n) is 5.20. The number of halogens is 3. The lowest BCUT2D eigenvalue weighted by Crippen LogP contribution is -2.49. The van der Waals surface area contributed by atoms with Gasteiger partial charge in [0.15, 0.2) is 0 Å². The molecule has 0 spiro atoms. The number of rotatable bonds is 6. The van der Waals surface area contributed by atoms with Gasteiger partial charge in [0.25, 0.3) is 0 Å². The average Bonchev–Trinajstić information content (AvgIpc) is 2.15. The van der Waals surface area contributed by atoms with Gasteiger partial charge in [-0.3, -0.25) is 4.90 Å². The molecule has 0 fully saturated rings. The molecule has 2 unspecified atom stereocenters. The van der Waals surface area contributed by atoms with Crippen LogP contribution in [-0.2, 0) is 0 Å². The molecule has 0 saturated heterocycles. The topological polar surface area (TPSA) is 35.5 Å². The number of nitrogens with one attached hydrogen (secondary N) is 1. The van der Waals surface area contributed by atoms with Crippen LogP contribution in [0, 0.1) is 0 Å². The minimum Gasteiger partial charge on any atom is -0.394 e. The first-order chi connectivity index (χ1) is 7.13. The number of nitrogens with zero attached hydrogens (tertiary/aromatic N) is 1. The van der Waals surface area contributed by atoms with Crippen molar-refractivity contribution in [1.29, 1.82) is 0 Å². The summed E-state index contributed by atoms with van der Waals surface area (Å²) in [6.07, 6.45) is -3.73. The van der Waals surface area contributed by atoms with Crippen LogP contribution in [0.15, 0.2) is 0 Å². The van der Waals surface area contributed by atoms with Crippen molar-refractivity contribution in [2.24, 2.45) is 0 Å². The maximum absolute atomic E-state index is 12.2. The van der Waals surface area contributed by atoms with Crippen molar-refractivity contribution in [1.82, 2.24) is 10.2 Å².